The highest BCUT2D eigenvalue weighted by atomic mass is 32.2. The van der Waals surface area contributed by atoms with E-state index in [1.54, 1.807) is 16.4 Å². The lowest BCUT2D eigenvalue weighted by Crippen LogP contribution is -2.35. The molecule has 0 saturated carbocycles. The summed E-state index contributed by atoms with van der Waals surface area (Å²) < 4.78 is 29.6. The molecule has 1 amide bonds. The molecule has 1 aliphatic rings. The highest BCUT2D eigenvalue weighted by Gasteiger charge is 2.26. The van der Waals surface area contributed by atoms with Crippen molar-refractivity contribution in [3.8, 4) is 0 Å². The van der Waals surface area contributed by atoms with Gasteiger partial charge in [0.05, 0.1) is 27.4 Å². The average molecular weight is 439 g/mol. The van der Waals surface area contributed by atoms with Crippen molar-refractivity contribution in [3.63, 3.8) is 0 Å². The minimum Gasteiger partial charge on any atom is -0.353 e. The van der Waals surface area contributed by atoms with Crippen LogP contribution in [0, 0.1) is 0 Å². The highest BCUT2D eigenvalue weighted by Crippen LogP contribution is 2.26. The summed E-state index contributed by atoms with van der Waals surface area (Å²) in [6.45, 7) is 7.83. The zero-order chi connectivity index (χ0) is 21.0. The fourth-order valence-corrected chi connectivity index (χ4v) is 5.95. The average Bonchev–Trinajstić information content (AvgIpc) is 3.04. The van der Waals surface area contributed by atoms with Crippen LogP contribution in [0.4, 0.5) is 0 Å². The first-order valence-electron chi connectivity index (χ1n) is 10.2. The van der Waals surface area contributed by atoms with E-state index in [-0.39, 0.29) is 11.9 Å². The quantitative estimate of drug-likeness (QED) is 0.685. The molecule has 1 aromatic carbocycles. The Balaban J connectivity index is 1.79. The molecule has 7 nitrogen and oxygen atoms in total. The number of rotatable bonds is 8. The largest absolute Gasteiger partial charge is 0.353 e. The van der Waals surface area contributed by atoms with Crippen LogP contribution in [0.1, 0.15) is 45.9 Å². The van der Waals surface area contributed by atoms with Crippen LogP contribution >= 0.6 is 11.8 Å². The third-order valence-corrected chi connectivity index (χ3v) is 7.81. The van der Waals surface area contributed by atoms with Gasteiger partial charge in [0.2, 0.25) is 15.9 Å². The fourth-order valence-electron chi connectivity index (χ4n) is 3.64. The van der Waals surface area contributed by atoms with Gasteiger partial charge in [-0.15, -0.1) is 11.8 Å². The minimum atomic E-state index is -3.48. The van der Waals surface area contributed by atoms with Crippen LogP contribution in [0.5, 0.6) is 0 Å². The second-order valence-electron chi connectivity index (χ2n) is 7.60. The van der Waals surface area contributed by atoms with Gasteiger partial charge in [-0.2, -0.15) is 4.31 Å². The number of imidazole rings is 1. The molecule has 1 N–H and O–H groups in total. The molecule has 160 valence electrons. The molecule has 0 bridgehead atoms. The third kappa shape index (κ3) is 5.13. The van der Waals surface area contributed by atoms with E-state index >= 15 is 0 Å². The second-order valence-corrected chi connectivity index (χ2v) is 10.5. The van der Waals surface area contributed by atoms with E-state index in [0.717, 1.165) is 37.1 Å². The van der Waals surface area contributed by atoms with E-state index < -0.39 is 10.0 Å². The Morgan fingerprint density at radius 3 is 2.62 bits per heavy atom. The summed E-state index contributed by atoms with van der Waals surface area (Å²) in [5.41, 5.74) is 1.61. The second kappa shape index (κ2) is 9.49. The lowest BCUT2D eigenvalue weighted by atomic mass is 10.2. The summed E-state index contributed by atoms with van der Waals surface area (Å²) in [4.78, 5) is 16.8. The van der Waals surface area contributed by atoms with Gasteiger partial charge in [-0.25, -0.2) is 13.4 Å². The van der Waals surface area contributed by atoms with Gasteiger partial charge in [0, 0.05) is 25.7 Å². The Kier molecular flexibility index (Phi) is 7.23. The van der Waals surface area contributed by atoms with Crippen molar-refractivity contribution in [2.75, 3.05) is 18.8 Å². The predicted octanol–water partition coefficient (Wildman–Crippen LogP) is 2.99. The van der Waals surface area contributed by atoms with Crippen LogP contribution in [0.25, 0.3) is 11.0 Å². The van der Waals surface area contributed by atoms with Crippen LogP contribution in [0.15, 0.2) is 23.1 Å². The Hall–Kier alpha value is -1.58. The number of carbonyl (C=O) groups excluding carboxylic acids is 1. The first kappa shape index (κ1) is 22.1. The van der Waals surface area contributed by atoms with Crippen LogP contribution in [-0.2, 0) is 27.1 Å². The molecule has 1 fully saturated rings. The number of nitrogens with one attached hydrogen (secondary N) is 1. The van der Waals surface area contributed by atoms with E-state index in [4.69, 9.17) is 0 Å². The number of benzene rings is 1. The topological polar surface area (TPSA) is 84.3 Å². The number of piperidine rings is 1. The van der Waals surface area contributed by atoms with Gasteiger partial charge < -0.3 is 9.88 Å². The molecule has 0 unspecified atom stereocenters. The lowest BCUT2D eigenvalue weighted by molar-refractivity contribution is -0.119. The molecule has 0 spiro atoms. The van der Waals surface area contributed by atoms with Crippen molar-refractivity contribution in [1.82, 2.24) is 19.2 Å². The molecule has 0 aliphatic carbocycles. The first-order chi connectivity index (χ1) is 13.8. The van der Waals surface area contributed by atoms with E-state index in [2.05, 4.69) is 14.9 Å². The Labute approximate surface area is 177 Å². The monoisotopic (exact) mass is 438 g/mol. The normalized spacial score (nSPS) is 15.9. The number of carbonyl (C=O) groups is 1. The number of thioether (sulfide) groups is 1. The number of hydrogen-bond acceptors (Lipinski definition) is 5. The van der Waals surface area contributed by atoms with Gasteiger partial charge in [-0.1, -0.05) is 6.42 Å². The van der Waals surface area contributed by atoms with Gasteiger partial charge in [-0.3, -0.25) is 4.79 Å². The maximum Gasteiger partial charge on any atom is 0.243 e. The molecule has 1 aromatic heterocycles. The molecular formula is C20H30N4O3S2. The summed E-state index contributed by atoms with van der Waals surface area (Å²) in [7, 11) is -3.48. The van der Waals surface area contributed by atoms with Crippen LogP contribution in [0.3, 0.4) is 0 Å². The van der Waals surface area contributed by atoms with Crippen molar-refractivity contribution in [2.45, 2.75) is 63.3 Å². The van der Waals surface area contributed by atoms with Gasteiger partial charge in [-0.05, 0) is 51.8 Å². The van der Waals surface area contributed by atoms with E-state index in [1.165, 1.54) is 11.8 Å². The number of aromatic nitrogens is 2. The SMILES string of the molecule is CCn1c(CSCC(=O)NC(C)C)nc2cc(S(=O)(=O)N3CCCCC3)ccc21. The van der Waals surface area contributed by atoms with Crippen LogP contribution < -0.4 is 5.32 Å². The number of hydrogen-bond donors (Lipinski definition) is 1. The molecule has 2 heterocycles. The lowest BCUT2D eigenvalue weighted by Gasteiger charge is -2.25. The highest BCUT2D eigenvalue weighted by molar-refractivity contribution is 7.99. The summed E-state index contributed by atoms with van der Waals surface area (Å²) in [6.07, 6.45) is 2.91. The predicted molar refractivity (Wildman–Crippen MR) is 117 cm³/mol. The van der Waals surface area contributed by atoms with E-state index in [0.29, 0.717) is 35.0 Å². The maximum atomic E-state index is 13.0. The minimum absolute atomic E-state index is 0.0130. The third-order valence-electron chi connectivity index (χ3n) is 4.98. The van der Waals surface area contributed by atoms with Crippen LogP contribution in [-0.4, -0.2) is 53.1 Å². The molecule has 29 heavy (non-hydrogen) atoms. The van der Waals surface area contributed by atoms with Crippen molar-refractivity contribution in [1.29, 1.82) is 0 Å². The molecule has 3 rings (SSSR count). The Morgan fingerprint density at radius 2 is 1.97 bits per heavy atom. The molecule has 9 heteroatoms. The van der Waals surface area contributed by atoms with Crippen molar-refractivity contribution in [3.05, 3.63) is 24.0 Å². The van der Waals surface area contributed by atoms with Gasteiger partial charge >= 0.3 is 0 Å². The van der Waals surface area contributed by atoms with Crippen molar-refractivity contribution >= 4 is 38.7 Å². The summed E-state index contributed by atoms with van der Waals surface area (Å²) in [5, 5.41) is 2.88. The van der Waals surface area contributed by atoms with Crippen LogP contribution in [0.2, 0.25) is 0 Å². The molecule has 1 aliphatic heterocycles. The number of nitrogens with zero attached hydrogens (tertiary/aromatic N) is 3. The Morgan fingerprint density at radius 1 is 1.24 bits per heavy atom. The molecule has 0 radical (unpaired) electrons. The molecule has 0 atom stereocenters. The van der Waals surface area contributed by atoms with Gasteiger partial charge in [0.25, 0.3) is 0 Å². The summed E-state index contributed by atoms with van der Waals surface area (Å²) >= 11 is 1.51. The Bertz CT molecular complexity index is 964. The number of fused-ring (bicyclic) bond motifs is 1. The van der Waals surface area contributed by atoms with Gasteiger partial charge in [0.15, 0.2) is 0 Å². The van der Waals surface area contributed by atoms with Gasteiger partial charge in [0.1, 0.15) is 5.82 Å². The summed E-state index contributed by atoms with van der Waals surface area (Å²) in [5.74, 6) is 1.85. The maximum absolute atomic E-state index is 13.0. The van der Waals surface area contributed by atoms with Crippen molar-refractivity contribution in [2.24, 2.45) is 0 Å². The van der Waals surface area contributed by atoms with E-state index in [9.17, 15) is 13.2 Å². The number of sulfonamides is 1. The smallest absolute Gasteiger partial charge is 0.243 e. The molecular weight excluding hydrogens is 408 g/mol. The molecule has 1 saturated heterocycles. The standard InChI is InChI=1S/C20H30N4O3S2/c1-4-24-18-9-8-16(29(26,27)23-10-6-5-7-11-23)12-17(18)22-19(24)13-28-14-20(25)21-15(2)3/h8-9,12,15H,4-7,10-11,13-14H2,1-3H3,(H,21,25). The fraction of sp³-hybridized carbons (Fsp3) is 0.600. The zero-order valence-corrected chi connectivity index (χ0v) is 19.0. The first-order valence-corrected chi connectivity index (χ1v) is 12.8. The number of amides is 1. The van der Waals surface area contributed by atoms with Crippen molar-refractivity contribution < 1.29 is 13.2 Å². The number of aryl methyl sites for hydroxylation is 1. The zero-order valence-electron chi connectivity index (χ0n) is 17.3. The summed E-state index contributed by atoms with van der Waals surface area (Å²) in [6, 6.07) is 5.35. The molecule has 2 aromatic rings. The van der Waals surface area contributed by atoms with E-state index in [1.807, 2.05) is 26.8 Å².